The van der Waals surface area contributed by atoms with Gasteiger partial charge in [-0.25, -0.2) is 0 Å². The largest absolute Gasteiger partial charge is 0.359 e. The molecular formula is C12H16ClNO. The van der Waals surface area contributed by atoms with E-state index in [9.17, 15) is 4.79 Å². The molecule has 1 amide bonds. The Morgan fingerprint density at radius 1 is 1.47 bits per heavy atom. The van der Waals surface area contributed by atoms with Gasteiger partial charge in [-0.3, -0.25) is 4.79 Å². The molecular weight excluding hydrogens is 210 g/mol. The van der Waals surface area contributed by atoms with Gasteiger partial charge in [0.1, 0.15) is 0 Å². The van der Waals surface area contributed by atoms with Gasteiger partial charge in [0.05, 0.1) is 0 Å². The second kappa shape index (κ2) is 5.76. The van der Waals surface area contributed by atoms with Gasteiger partial charge in [-0.1, -0.05) is 30.7 Å². The third-order valence-electron chi connectivity index (χ3n) is 2.41. The first-order valence-electron chi connectivity index (χ1n) is 5.15. The van der Waals surface area contributed by atoms with Crippen LogP contribution in [0.15, 0.2) is 18.2 Å². The molecule has 3 heteroatoms. The molecule has 0 radical (unpaired) electrons. The molecule has 82 valence electrons. The molecule has 1 N–H and O–H groups in total. The van der Waals surface area contributed by atoms with Crippen LogP contribution in [0.3, 0.4) is 0 Å². The summed E-state index contributed by atoms with van der Waals surface area (Å²) in [6.07, 6.45) is 2.22. The van der Waals surface area contributed by atoms with Gasteiger partial charge in [0.15, 0.2) is 0 Å². The van der Waals surface area contributed by atoms with Crippen LogP contribution in [-0.2, 0) is 17.6 Å². The van der Waals surface area contributed by atoms with Crippen LogP contribution < -0.4 is 5.32 Å². The number of nitrogens with one attached hydrogen (secondary N) is 1. The SMILES string of the molecule is CCc1cc(CCC(=O)NC)ccc1Cl. The van der Waals surface area contributed by atoms with Crippen LogP contribution in [0.1, 0.15) is 24.5 Å². The number of amides is 1. The molecule has 0 atom stereocenters. The zero-order chi connectivity index (χ0) is 11.3. The van der Waals surface area contributed by atoms with E-state index >= 15 is 0 Å². The third-order valence-corrected chi connectivity index (χ3v) is 2.78. The fourth-order valence-corrected chi connectivity index (χ4v) is 1.69. The highest BCUT2D eigenvalue weighted by atomic mass is 35.5. The van der Waals surface area contributed by atoms with E-state index in [0.29, 0.717) is 6.42 Å². The van der Waals surface area contributed by atoms with E-state index in [0.717, 1.165) is 23.4 Å². The average Bonchev–Trinajstić information content (AvgIpc) is 2.27. The van der Waals surface area contributed by atoms with E-state index in [4.69, 9.17) is 11.6 Å². The molecule has 15 heavy (non-hydrogen) atoms. The first kappa shape index (κ1) is 12.1. The van der Waals surface area contributed by atoms with Crippen molar-refractivity contribution in [3.8, 4) is 0 Å². The van der Waals surface area contributed by atoms with Crippen LogP contribution in [-0.4, -0.2) is 13.0 Å². The molecule has 2 nitrogen and oxygen atoms in total. The number of rotatable bonds is 4. The fraction of sp³-hybridized carbons (Fsp3) is 0.417. The highest BCUT2D eigenvalue weighted by molar-refractivity contribution is 6.31. The van der Waals surface area contributed by atoms with Gasteiger partial charge in [0.2, 0.25) is 5.91 Å². The number of hydrogen-bond acceptors (Lipinski definition) is 1. The Morgan fingerprint density at radius 3 is 2.80 bits per heavy atom. The zero-order valence-corrected chi connectivity index (χ0v) is 9.90. The summed E-state index contributed by atoms with van der Waals surface area (Å²) in [5, 5.41) is 3.42. The first-order chi connectivity index (χ1) is 7.17. The summed E-state index contributed by atoms with van der Waals surface area (Å²) in [6, 6.07) is 5.95. The van der Waals surface area contributed by atoms with E-state index < -0.39 is 0 Å². The van der Waals surface area contributed by atoms with Crippen molar-refractivity contribution in [2.75, 3.05) is 7.05 Å². The van der Waals surface area contributed by atoms with E-state index in [1.807, 2.05) is 12.1 Å². The minimum atomic E-state index is 0.0722. The first-order valence-corrected chi connectivity index (χ1v) is 5.53. The van der Waals surface area contributed by atoms with Gasteiger partial charge in [-0.15, -0.1) is 0 Å². The van der Waals surface area contributed by atoms with Crippen LogP contribution in [0, 0.1) is 0 Å². The molecule has 0 aliphatic rings. The number of carbonyl (C=O) groups is 1. The minimum absolute atomic E-state index is 0.0722. The Kier molecular flexibility index (Phi) is 4.63. The van der Waals surface area contributed by atoms with E-state index in [-0.39, 0.29) is 5.91 Å². The summed E-state index contributed by atoms with van der Waals surface area (Å²) < 4.78 is 0. The summed E-state index contributed by atoms with van der Waals surface area (Å²) in [5.41, 5.74) is 2.31. The lowest BCUT2D eigenvalue weighted by molar-refractivity contribution is -0.120. The monoisotopic (exact) mass is 225 g/mol. The summed E-state index contributed by atoms with van der Waals surface area (Å²) in [6.45, 7) is 2.07. The highest BCUT2D eigenvalue weighted by Crippen LogP contribution is 2.18. The molecule has 0 bridgehead atoms. The molecule has 0 saturated carbocycles. The zero-order valence-electron chi connectivity index (χ0n) is 9.14. The van der Waals surface area contributed by atoms with E-state index in [2.05, 4.69) is 18.3 Å². The Balaban J connectivity index is 2.66. The maximum atomic E-state index is 11.1. The lowest BCUT2D eigenvalue weighted by atomic mass is 10.0. The Bertz CT molecular complexity index is 349. The number of carbonyl (C=O) groups excluding carboxylic acids is 1. The normalized spacial score (nSPS) is 10.1. The molecule has 0 fully saturated rings. The highest BCUT2D eigenvalue weighted by Gasteiger charge is 2.02. The third kappa shape index (κ3) is 3.56. The van der Waals surface area contributed by atoms with E-state index in [1.165, 1.54) is 5.56 Å². The van der Waals surface area contributed by atoms with E-state index in [1.54, 1.807) is 7.05 Å². The second-order valence-corrected chi connectivity index (χ2v) is 3.86. The molecule has 0 aliphatic heterocycles. The van der Waals surface area contributed by atoms with Crippen molar-refractivity contribution in [2.45, 2.75) is 26.2 Å². The summed E-state index contributed by atoms with van der Waals surface area (Å²) in [7, 11) is 1.65. The van der Waals surface area contributed by atoms with Gasteiger partial charge in [-0.05, 0) is 30.0 Å². The van der Waals surface area contributed by atoms with Crippen LogP contribution in [0.2, 0.25) is 5.02 Å². The molecule has 0 aromatic heterocycles. The number of aryl methyl sites for hydroxylation is 2. The summed E-state index contributed by atoms with van der Waals surface area (Å²) in [5.74, 6) is 0.0722. The van der Waals surface area contributed by atoms with Crippen molar-refractivity contribution in [1.82, 2.24) is 5.32 Å². The number of halogens is 1. The fourth-order valence-electron chi connectivity index (χ4n) is 1.44. The molecule has 1 aromatic rings. The maximum absolute atomic E-state index is 11.1. The molecule has 0 spiro atoms. The second-order valence-electron chi connectivity index (χ2n) is 3.45. The van der Waals surface area contributed by atoms with Gasteiger partial charge in [0, 0.05) is 18.5 Å². The quantitative estimate of drug-likeness (QED) is 0.839. The van der Waals surface area contributed by atoms with Crippen molar-refractivity contribution in [3.63, 3.8) is 0 Å². The number of hydrogen-bond donors (Lipinski definition) is 1. The molecule has 1 aromatic carbocycles. The predicted molar refractivity (Wildman–Crippen MR) is 63.2 cm³/mol. The van der Waals surface area contributed by atoms with Crippen molar-refractivity contribution in [3.05, 3.63) is 34.3 Å². The van der Waals surface area contributed by atoms with Gasteiger partial charge >= 0.3 is 0 Å². The Labute approximate surface area is 95.6 Å². The standard InChI is InChI=1S/C12H16ClNO/c1-3-10-8-9(4-6-11(10)13)5-7-12(15)14-2/h4,6,8H,3,5,7H2,1-2H3,(H,14,15). The van der Waals surface area contributed by atoms with Crippen LogP contribution in [0.25, 0.3) is 0 Å². The summed E-state index contributed by atoms with van der Waals surface area (Å²) >= 11 is 6.01. The van der Waals surface area contributed by atoms with Gasteiger partial charge in [-0.2, -0.15) is 0 Å². The topological polar surface area (TPSA) is 29.1 Å². The molecule has 0 saturated heterocycles. The minimum Gasteiger partial charge on any atom is -0.359 e. The Morgan fingerprint density at radius 2 is 2.20 bits per heavy atom. The predicted octanol–water partition coefficient (Wildman–Crippen LogP) is 2.58. The van der Waals surface area contributed by atoms with Gasteiger partial charge in [0.25, 0.3) is 0 Å². The van der Waals surface area contributed by atoms with Crippen molar-refractivity contribution in [1.29, 1.82) is 0 Å². The molecule has 1 rings (SSSR count). The van der Waals surface area contributed by atoms with Crippen LogP contribution in [0.5, 0.6) is 0 Å². The van der Waals surface area contributed by atoms with Crippen LogP contribution >= 0.6 is 11.6 Å². The molecule has 0 heterocycles. The lowest BCUT2D eigenvalue weighted by Gasteiger charge is -2.05. The van der Waals surface area contributed by atoms with Crippen molar-refractivity contribution < 1.29 is 4.79 Å². The molecule has 0 aliphatic carbocycles. The summed E-state index contributed by atoms with van der Waals surface area (Å²) in [4.78, 5) is 11.1. The van der Waals surface area contributed by atoms with Gasteiger partial charge < -0.3 is 5.32 Å². The average molecular weight is 226 g/mol. The number of benzene rings is 1. The molecule has 0 unspecified atom stereocenters. The van der Waals surface area contributed by atoms with Crippen molar-refractivity contribution >= 4 is 17.5 Å². The lowest BCUT2D eigenvalue weighted by Crippen LogP contribution is -2.17. The Hall–Kier alpha value is -1.02. The van der Waals surface area contributed by atoms with Crippen LogP contribution in [0.4, 0.5) is 0 Å². The van der Waals surface area contributed by atoms with Crippen molar-refractivity contribution in [2.24, 2.45) is 0 Å². The smallest absolute Gasteiger partial charge is 0.220 e. The maximum Gasteiger partial charge on any atom is 0.220 e.